The topological polar surface area (TPSA) is 97.7 Å². The van der Waals surface area contributed by atoms with Crippen molar-refractivity contribution in [1.29, 1.82) is 0 Å². The van der Waals surface area contributed by atoms with Crippen LogP contribution in [0.25, 0.3) is 22.1 Å². The zero-order valence-electron chi connectivity index (χ0n) is 17.6. The number of anilines is 2. The first kappa shape index (κ1) is 20.5. The van der Waals surface area contributed by atoms with Gasteiger partial charge in [-0.25, -0.2) is 9.78 Å². The average Bonchev–Trinajstić information content (AvgIpc) is 3.03. The van der Waals surface area contributed by atoms with Crippen LogP contribution >= 0.6 is 11.6 Å². The minimum atomic E-state index is -0.532. The minimum Gasteiger partial charge on any atom is -0.450 e. The maximum Gasteiger partial charge on any atom is 0.410 e. The van der Waals surface area contributed by atoms with E-state index in [4.69, 9.17) is 26.5 Å². The molecule has 3 heterocycles. The summed E-state index contributed by atoms with van der Waals surface area (Å²) in [6.07, 6.45) is 0.495. The van der Waals surface area contributed by atoms with Crippen LogP contribution in [-0.2, 0) is 4.74 Å². The van der Waals surface area contributed by atoms with Gasteiger partial charge in [0, 0.05) is 30.0 Å². The summed E-state index contributed by atoms with van der Waals surface area (Å²) >= 11 is 6.16. The molecular weight excluding hydrogens is 406 g/mol. The van der Waals surface area contributed by atoms with E-state index < -0.39 is 5.60 Å². The Labute approximate surface area is 179 Å². The van der Waals surface area contributed by atoms with E-state index in [1.165, 1.54) is 0 Å². The number of nitrogens with two attached hydrogens (primary N) is 1. The van der Waals surface area contributed by atoms with Crippen molar-refractivity contribution in [3.8, 4) is 0 Å². The lowest BCUT2D eigenvalue weighted by Crippen LogP contribution is -2.56. The van der Waals surface area contributed by atoms with Crippen LogP contribution in [0.4, 0.5) is 16.6 Å². The van der Waals surface area contributed by atoms with Crippen molar-refractivity contribution in [3.05, 3.63) is 23.2 Å². The maximum atomic E-state index is 12.7. The molecule has 9 heteroatoms. The molecule has 1 atom stereocenters. The van der Waals surface area contributed by atoms with Crippen LogP contribution in [-0.4, -0.2) is 52.2 Å². The lowest BCUT2D eigenvalue weighted by molar-refractivity contribution is 0.0136. The lowest BCUT2D eigenvalue weighted by atomic mass is 10.1. The van der Waals surface area contributed by atoms with Gasteiger partial charge >= 0.3 is 6.09 Å². The second kappa shape index (κ2) is 7.50. The van der Waals surface area contributed by atoms with Crippen LogP contribution in [0.5, 0.6) is 0 Å². The number of amides is 1. The molecular formula is C21H26ClN5O3. The van der Waals surface area contributed by atoms with E-state index in [2.05, 4.69) is 21.8 Å². The molecule has 0 spiro atoms. The molecule has 0 saturated carbocycles. The maximum absolute atomic E-state index is 12.7. The Morgan fingerprint density at radius 3 is 2.80 bits per heavy atom. The predicted molar refractivity (Wildman–Crippen MR) is 118 cm³/mol. The van der Waals surface area contributed by atoms with Crippen LogP contribution in [0.3, 0.4) is 0 Å². The first-order valence-corrected chi connectivity index (χ1v) is 10.4. The molecule has 160 valence electrons. The van der Waals surface area contributed by atoms with Gasteiger partial charge in [0.05, 0.1) is 6.04 Å². The molecule has 30 heavy (non-hydrogen) atoms. The Balaban J connectivity index is 1.68. The van der Waals surface area contributed by atoms with E-state index in [1.807, 2.05) is 32.9 Å². The molecule has 1 aliphatic rings. The third-order valence-electron chi connectivity index (χ3n) is 5.16. The lowest BCUT2D eigenvalue weighted by Gasteiger charge is -2.41. The van der Waals surface area contributed by atoms with Crippen molar-refractivity contribution in [2.75, 3.05) is 30.3 Å². The minimum absolute atomic E-state index is 0.0151. The van der Waals surface area contributed by atoms with Crippen LogP contribution in [0.1, 0.15) is 34.1 Å². The summed E-state index contributed by atoms with van der Waals surface area (Å²) in [4.78, 5) is 25.4. The van der Waals surface area contributed by atoms with Crippen molar-refractivity contribution >= 4 is 51.5 Å². The van der Waals surface area contributed by atoms with Gasteiger partial charge < -0.3 is 24.7 Å². The van der Waals surface area contributed by atoms with Crippen LogP contribution in [0.2, 0.25) is 5.02 Å². The van der Waals surface area contributed by atoms with Gasteiger partial charge in [0.1, 0.15) is 16.7 Å². The Morgan fingerprint density at radius 1 is 1.33 bits per heavy atom. The second-order valence-electron chi connectivity index (χ2n) is 8.51. The first-order chi connectivity index (χ1) is 14.2. The van der Waals surface area contributed by atoms with Gasteiger partial charge in [-0.3, -0.25) is 0 Å². The quantitative estimate of drug-likeness (QED) is 0.640. The van der Waals surface area contributed by atoms with Crippen LogP contribution in [0, 0.1) is 0 Å². The molecule has 2 N–H and O–H groups in total. The number of rotatable bonds is 2. The van der Waals surface area contributed by atoms with E-state index in [0.29, 0.717) is 47.2 Å². The number of fused-ring (bicyclic) bond motifs is 3. The van der Waals surface area contributed by atoms with Gasteiger partial charge in [0.2, 0.25) is 5.95 Å². The number of nitrogen functional groups attached to an aromatic ring is 1. The number of hydrogen-bond donors (Lipinski definition) is 1. The molecule has 1 aliphatic heterocycles. The number of nitrogens with zero attached hydrogens (tertiary/aromatic N) is 4. The van der Waals surface area contributed by atoms with E-state index in [-0.39, 0.29) is 18.1 Å². The fraction of sp³-hybridized carbons (Fsp3) is 0.476. The largest absolute Gasteiger partial charge is 0.450 e. The number of carbonyl (C=O) groups is 1. The highest BCUT2D eigenvalue weighted by Gasteiger charge is 2.34. The van der Waals surface area contributed by atoms with Crippen molar-refractivity contribution < 1.29 is 13.9 Å². The zero-order chi connectivity index (χ0) is 21.6. The first-order valence-electron chi connectivity index (χ1n) is 10.1. The number of aromatic nitrogens is 2. The molecule has 3 aromatic rings. The fourth-order valence-electron chi connectivity index (χ4n) is 3.79. The van der Waals surface area contributed by atoms with Gasteiger partial charge in [0.15, 0.2) is 11.4 Å². The van der Waals surface area contributed by atoms with Crippen LogP contribution < -0.4 is 10.6 Å². The molecule has 4 rings (SSSR count). The molecule has 0 bridgehead atoms. The van der Waals surface area contributed by atoms with Gasteiger partial charge in [-0.05, 0) is 45.4 Å². The Bertz CT molecular complexity index is 1110. The number of ether oxygens (including phenoxy) is 1. The summed E-state index contributed by atoms with van der Waals surface area (Å²) in [6.45, 7) is 9.37. The highest BCUT2D eigenvalue weighted by molar-refractivity contribution is 6.31. The molecule has 8 nitrogen and oxygen atoms in total. The highest BCUT2D eigenvalue weighted by atomic mass is 35.5. The van der Waals surface area contributed by atoms with Gasteiger partial charge in [0.25, 0.3) is 0 Å². The number of piperazine rings is 1. The summed E-state index contributed by atoms with van der Waals surface area (Å²) in [5.41, 5.74) is 7.38. The highest BCUT2D eigenvalue weighted by Crippen LogP contribution is 2.35. The van der Waals surface area contributed by atoms with E-state index in [9.17, 15) is 4.79 Å². The molecule has 1 fully saturated rings. The van der Waals surface area contributed by atoms with E-state index in [1.54, 1.807) is 11.0 Å². The number of furan rings is 1. The fourth-order valence-corrected chi connectivity index (χ4v) is 3.96. The molecule has 1 saturated heterocycles. The smallest absolute Gasteiger partial charge is 0.410 e. The van der Waals surface area contributed by atoms with Crippen molar-refractivity contribution in [3.63, 3.8) is 0 Å². The van der Waals surface area contributed by atoms with E-state index >= 15 is 0 Å². The number of carbonyl (C=O) groups excluding carboxylic acids is 1. The number of hydrogen-bond acceptors (Lipinski definition) is 7. The summed E-state index contributed by atoms with van der Waals surface area (Å²) in [7, 11) is 0. The molecule has 1 aromatic carbocycles. The SMILES string of the molecule is CCC1CN(c2nc(N)nc3c2oc2ccc(Cl)cc23)CCN1C(=O)OC(C)(C)C. The standard InChI is InChI=1S/C21H26ClN5O3/c1-5-13-11-26(8-9-27(13)20(28)30-21(2,3)4)18-17-16(24-19(23)25-18)14-10-12(22)6-7-15(14)29-17/h6-7,10,13H,5,8-9,11H2,1-4H3,(H2,23,24,25). The summed E-state index contributed by atoms with van der Waals surface area (Å²) in [5.74, 6) is 0.801. The Kier molecular flexibility index (Phi) is 5.13. The van der Waals surface area contributed by atoms with Gasteiger partial charge in [-0.2, -0.15) is 4.98 Å². The summed E-state index contributed by atoms with van der Waals surface area (Å²) in [5, 5.41) is 1.40. The third kappa shape index (κ3) is 3.84. The molecule has 0 aliphatic carbocycles. The van der Waals surface area contributed by atoms with Gasteiger partial charge in [-0.15, -0.1) is 0 Å². The second-order valence-corrected chi connectivity index (χ2v) is 8.94. The van der Waals surface area contributed by atoms with Crippen molar-refractivity contribution in [2.45, 2.75) is 45.8 Å². The molecule has 0 radical (unpaired) electrons. The Morgan fingerprint density at radius 2 is 2.10 bits per heavy atom. The van der Waals surface area contributed by atoms with Crippen LogP contribution in [0.15, 0.2) is 22.6 Å². The van der Waals surface area contributed by atoms with Crippen molar-refractivity contribution in [1.82, 2.24) is 14.9 Å². The predicted octanol–water partition coefficient (Wildman–Crippen LogP) is 4.45. The normalized spacial score (nSPS) is 17.7. The Hall–Kier alpha value is -2.74. The van der Waals surface area contributed by atoms with Gasteiger partial charge in [-0.1, -0.05) is 18.5 Å². The summed E-state index contributed by atoms with van der Waals surface area (Å²) < 4.78 is 11.7. The molecule has 1 unspecified atom stereocenters. The molecule has 2 aromatic heterocycles. The monoisotopic (exact) mass is 431 g/mol. The third-order valence-corrected chi connectivity index (χ3v) is 5.39. The van der Waals surface area contributed by atoms with E-state index in [0.717, 1.165) is 11.8 Å². The summed E-state index contributed by atoms with van der Waals surface area (Å²) in [6, 6.07) is 5.39. The average molecular weight is 432 g/mol. The molecule has 1 amide bonds. The number of benzene rings is 1. The van der Waals surface area contributed by atoms with Crippen molar-refractivity contribution in [2.24, 2.45) is 0 Å². The number of halogens is 1. The zero-order valence-corrected chi connectivity index (χ0v) is 18.4.